The van der Waals surface area contributed by atoms with Crippen LogP contribution in [0, 0.1) is 0 Å². The second kappa shape index (κ2) is 8.99. The molecular formula is C23H28N2O4. The van der Waals surface area contributed by atoms with Gasteiger partial charge in [0.05, 0.1) is 14.2 Å². The minimum absolute atomic E-state index is 0.0758. The SMILES string of the molecule is COc1cc2c(cc1OC)CN(C(=O)C(=O)N(Cc1ccccc1)C(C)C)CC2. The first-order valence-electron chi connectivity index (χ1n) is 9.82. The van der Waals surface area contributed by atoms with E-state index in [9.17, 15) is 9.59 Å². The van der Waals surface area contributed by atoms with Crippen molar-refractivity contribution in [2.24, 2.45) is 0 Å². The van der Waals surface area contributed by atoms with Gasteiger partial charge in [-0.05, 0) is 49.1 Å². The molecule has 0 saturated heterocycles. The van der Waals surface area contributed by atoms with Gasteiger partial charge in [0.15, 0.2) is 11.5 Å². The lowest BCUT2D eigenvalue weighted by atomic mass is 9.98. The summed E-state index contributed by atoms with van der Waals surface area (Å²) in [5.74, 6) is 0.374. The lowest BCUT2D eigenvalue weighted by Gasteiger charge is -2.32. The van der Waals surface area contributed by atoms with Crippen LogP contribution < -0.4 is 9.47 Å². The van der Waals surface area contributed by atoms with E-state index in [1.165, 1.54) is 0 Å². The normalized spacial score (nSPS) is 13.1. The van der Waals surface area contributed by atoms with Gasteiger partial charge in [0.25, 0.3) is 0 Å². The van der Waals surface area contributed by atoms with Crippen molar-refractivity contribution in [3.05, 3.63) is 59.2 Å². The molecule has 6 nitrogen and oxygen atoms in total. The molecule has 29 heavy (non-hydrogen) atoms. The van der Waals surface area contributed by atoms with Crippen LogP contribution in [0.5, 0.6) is 11.5 Å². The number of rotatable bonds is 5. The molecule has 6 heteroatoms. The zero-order chi connectivity index (χ0) is 21.0. The highest BCUT2D eigenvalue weighted by Gasteiger charge is 2.31. The zero-order valence-corrected chi connectivity index (χ0v) is 17.5. The summed E-state index contributed by atoms with van der Waals surface area (Å²) < 4.78 is 10.7. The van der Waals surface area contributed by atoms with Crippen molar-refractivity contribution in [2.45, 2.75) is 39.4 Å². The minimum atomic E-state index is -0.465. The van der Waals surface area contributed by atoms with E-state index < -0.39 is 11.8 Å². The van der Waals surface area contributed by atoms with Crippen LogP contribution in [0.3, 0.4) is 0 Å². The maximum absolute atomic E-state index is 13.0. The number of carbonyl (C=O) groups is 2. The topological polar surface area (TPSA) is 59.1 Å². The van der Waals surface area contributed by atoms with Crippen LogP contribution in [0.1, 0.15) is 30.5 Å². The van der Waals surface area contributed by atoms with E-state index in [0.717, 1.165) is 16.7 Å². The van der Waals surface area contributed by atoms with Crippen molar-refractivity contribution in [3.63, 3.8) is 0 Å². The van der Waals surface area contributed by atoms with Gasteiger partial charge in [-0.3, -0.25) is 9.59 Å². The van der Waals surface area contributed by atoms with Gasteiger partial charge in [-0.1, -0.05) is 30.3 Å². The standard InChI is InChI=1S/C23H28N2O4/c1-16(2)25(14-17-8-6-5-7-9-17)23(27)22(26)24-11-10-18-12-20(28-3)21(29-4)13-19(18)15-24/h5-9,12-13,16H,10-11,14-15H2,1-4H3. The fourth-order valence-corrected chi connectivity index (χ4v) is 3.58. The number of benzene rings is 2. The van der Waals surface area contributed by atoms with Crippen LogP contribution in [0.15, 0.2) is 42.5 Å². The molecule has 0 saturated carbocycles. The number of amides is 2. The van der Waals surface area contributed by atoms with E-state index in [4.69, 9.17) is 9.47 Å². The van der Waals surface area contributed by atoms with Crippen molar-refractivity contribution in [2.75, 3.05) is 20.8 Å². The lowest BCUT2D eigenvalue weighted by Crippen LogP contribution is -2.48. The number of nitrogens with zero attached hydrogens (tertiary/aromatic N) is 2. The Labute approximate surface area is 172 Å². The van der Waals surface area contributed by atoms with Gasteiger partial charge in [0, 0.05) is 25.7 Å². The third-order valence-corrected chi connectivity index (χ3v) is 5.27. The summed E-state index contributed by atoms with van der Waals surface area (Å²) in [4.78, 5) is 29.3. The quantitative estimate of drug-likeness (QED) is 0.729. The second-order valence-corrected chi connectivity index (χ2v) is 7.47. The molecular weight excluding hydrogens is 368 g/mol. The van der Waals surface area contributed by atoms with E-state index in [1.807, 2.05) is 56.3 Å². The molecule has 2 amide bonds. The highest BCUT2D eigenvalue weighted by Crippen LogP contribution is 2.33. The van der Waals surface area contributed by atoms with E-state index in [-0.39, 0.29) is 6.04 Å². The Morgan fingerprint density at radius 2 is 1.66 bits per heavy atom. The van der Waals surface area contributed by atoms with Crippen LogP contribution in [-0.4, -0.2) is 48.4 Å². The Morgan fingerprint density at radius 3 is 2.24 bits per heavy atom. The van der Waals surface area contributed by atoms with E-state index in [2.05, 4.69) is 0 Å². The lowest BCUT2D eigenvalue weighted by molar-refractivity contribution is -0.153. The number of ether oxygens (including phenoxy) is 2. The molecule has 2 aromatic carbocycles. The van der Waals surface area contributed by atoms with E-state index in [1.54, 1.807) is 24.0 Å². The summed E-state index contributed by atoms with van der Waals surface area (Å²) in [6.07, 6.45) is 0.676. The third-order valence-electron chi connectivity index (χ3n) is 5.27. The summed E-state index contributed by atoms with van der Waals surface area (Å²) in [6, 6.07) is 13.5. The van der Waals surface area contributed by atoms with Crippen LogP contribution in [0.4, 0.5) is 0 Å². The Bertz CT molecular complexity index is 880. The maximum atomic E-state index is 13.0. The molecule has 3 rings (SSSR count). The van der Waals surface area contributed by atoms with Crippen LogP contribution in [-0.2, 0) is 29.1 Å². The molecule has 0 atom stereocenters. The van der Waals surface area contributed by atoms with Gasteiger partial charge >= 0.3 is 11.8 Å². The first-order chi connectivity index (χ1) is 13.9. The molecule has 1 aliphatic heterocycles. The molecule has 0 aliphatic carbocycles. The van der Waals surface area contributed by atoms with Crippen molar-refractivity contribution < 1.29 is 19.1 Å². The van der Waals surface area contributed by atoms with Gasteiger partial charge < -0.3 is 19.3 Å². The maximum Gasteiger partial charge on any atom is 0.312 e. The smallest absolute Gasteiger partial charge is 0.312 e. The van der Waals surface area contributed by atoms with Gasteiger partial charge in [-0.25, -0.2) is 0 Å². The highest BCUT2D eigenvalue weighted by atomic mass is 16.5. The number of fused-ring (bicyclic) bond motifs is 1. The summed E-state index contributed by atoms with van der Waals surface area (Å²) in [6.45, 7) is 5.16. The van der Waals surface area contributed by atoms with Crippen molar-refractivity contribution in [1.82, 2.24) is 9.80 Å². The molecule has 0 radical (unpaired) electrons. The predicted octanol–water partition coefficient (Wildman–Crippen LogP) is 3.03. The number of methoxy groups -OCH3 is 2. The first kappa shape index (κ1) is 20.7. The van der Waals surface area contributed by atoms with E-state index >= 15 is 0 Å². The predicted molar refractivity (Wildman–Crippen MR) is 111 cm³/mol. The Morgan fingerprint density at radius 1 is 1.03 bits per heavy atom. The highest BCUT2D eigenvalue weighted by molar-refractivity contribution is 6.34. The molecule has 0 N–H and O–H groups in total. The number of hydrogen-bond acceptors (Lipinski definition) is 4. The molecule has 2 aromatic rings. The molecule has 154 valence electrons. The Balaban J connectivity index is 1.76. The molecule has 1 aliphatic rings. The molecule has 0 bridgehead atoms. The van der Waals surface area contributed by atoms with Gasteiger partial charge in [0.1, 0.15) is 0 Å². The largest absolute Gasteiger partial charge is 0.493 e. The molecule has 0 aromatic heterocycles. The molecule has 0 unspecified atom stereocenters. The van der Waals surface area contributed by atoms with Crippen molar-refractivity contribution in [3.8, 4) is 11.5 Å². The molecule has 0 spiro atoms. The van der Waals surface area contributed by atoms with Crippen molar-refractivity contribution >= 4 is 11.8 Å². The van der Waals surface area contributed by atoms with Gasteiger partial charge in [-0.2, -0.15) is 0 Å². The number of carbonyl (C=O) groups excluding carboxylic acids is 2. The number of hydrogen-bond donors (Lipinski definition) is 0. The zero-order valence-electron chi connectivity index (χ0n) is 17.5. The summed E-state index contributed by atoms with van der Waals surface area (Å²) in [5.41, 5.74) is 3.10. The van der Waals surface area contributed by atoms with E-state index in [0.29, 0.717) is 37.6 Å². The second-order valence-electron chi connectivity index (χ2n) is 7.47. The Kier molecular flexibility index (Phi) is 6.42. The fraction of sp³-hybridized carbons (Fsp3) is 0.391. The van der Waals surface area contributed by atoms with Crippen LogP contribution in [0.25, 0.3) is 0 Å². The minimum Gasteiger partial charge on any atom is -0.493 e. The molecule has 0 fully saturated rings. The van der Waals surface area contributed by atoms with Crippen LogP contribution in [0.2, 0.25) is 0 Å². The first-order valence-corrected chi connectivity index (χ1v) is 9.82. The molecule has 1 heterocycles. The summed E-state index contributed by atoms with van der Waals surface area (Å²) >= 11 is 0. The average molecular weight is 396 g/mol. The Hall–Kier alpha value is -3.02. The monoisotopic (exact) mass is 396 g/mol. The fourth-order valence-electron chi connectivity index (χ4n) is 3.58. The average Bonchev–Trinajstić information content (AvgIpc) is 2.75. The van der Waals surface area contributed by atoms with Gasteiger partial charge in [-0.15, -0.1) is 0 Å². The van der Waals surface area contributed by atoms with Crippen LogP contribution >= 0.6 is 0 Å². The summed E-state index contributed by atoms with van der Waals surface area (Å²) in [5, 5.41) is 0. The van der Waals surface area contributed by atoms with Crippen molar-refractivity contribution in [1.29, 1.82) is 0 Å². The summed E-state index contributed by atoms with van der Waals surface area (Å²) in [7, 11) is 3.19. The third kappa shape index (κ3) is 4.53. The van der Waals surface area contributed by atoms with Gasteiger partial charge in [0.2, 0.25) is 0 Å².